The molecule has 0 saturated heterocycles. The average Bonchev–Trinajstić information content (AvgIpc) is 2.28. The first-order valence-corrected chi connectivity index (χ1v) is 5.74. The molecule has 0 heterocycles. The van der Waals surface area contributed by atoms with Gasteiger partial charge in [-0.3, -0.25) is 0 Å². The number of nitrogens with zero attached hydrogens (tertiary/aromatic N) is 1. The van der Waals surface area contributed by atoms with Gasteiger partial charge in [0, 0.05) is 19.6 Å². The molecule has 0 bridgehead atoms. The van der Waals surface area contributed by atoms with Gasteiger partial charge in [-0.15, -0.1) is 0 Å². The molecule has 90 valence electrons. The van der Waals surface area contributed by atoms with E-state index in [0.717, 1.165) is 13.0 Å². The molecule has 0 radical (unpaired) electrons. The Kier molecular flexibility index (Phi) is 5.46. The summed E-state index contributed by atoms with van der Waals surface area (Å²) >= 11 is 0. The van der Waals surface area contributed by atoms with Gasteiger partial charge in [-0.05, 0) is 31.5 Å². The van der Waals surface area contributed by atoms with Crippen molar-refractivity contribution >= 4 is 0 Å². The Labute approximate surface area is 97.9 Å². The normalized spacial score (nSPS) is 13.1. The van der Waals surface area contributed by atoms with E-state index < -0.39 is 6.10 Å². The van der Waals surface area contributed by atoms with Crippen LogP contribution in [0.2, 0.25) is 0 Å². The third kappa shape index (κ3) is 4.31. The number of benzene rings is 1. The highest BCUT2D eigenvalue weighted by Gasteiger charge is 2.06. The van der Waals surface area contributed by atoms with Crippen LogP contribution in [0, 0.1) is 6.92 Å². The average molecular weight is 222 g/mol. The van der Waals surface area contributed by atoms with Gasteiger partial charge in [0.05, 0.1) is 6.10 Å². The molecule has 1 aromatic rings. The van der Waals surface area contributed by atoms with Crippen LogP contribution in [0.15, 0.2) is 24.3 Å². The summed E-state index contributed by atoms with van der Waals surface area (Å²) in [5, 5.41) is 9.41. The third-order valence-electron chi connectivity index (χ3n) is 2.82. The molecule has 1 unspecified atom stereocenters. The Morgan fingerprint density at radius 2 is 2.06 bits per heavy atom. The molecule has 0 aliphatic heterocycles. The molecule has 0 fully saturated rings. The summed E-state index contributed by atoms with van der Waals surface area (Å²) < 4.78 is 0. The summed E-state index contributed by atoms with van der Waals surface area (Å²) in [6.07, 6.45) is 0.599. The SMILES string of the molecule is Cc1ccccc1CCN(C)CC(O)CN. The van der Waals surface area contributed by atoms with Crippen LogP contribution in [-0.2, 0) is 6.42 Å². The summed E-state index contributed by atoms with van der Waals surface area (Å²) in [6, 6.07) is 8.41. The van der Waals surface area contributed by atoms with Gasteiger partial charge in [0.1, 0.15) is 0 Å². The van der Waals surface area contributed by atoms with E-state index in [1.165, 1.54) is 11.1 Å². The highest BCUT2D eigenvalue weighted by atomic mass is 16.3. The molecule has 3 N–H and O–H groups in total. The van der Waals surface area contributed by atoms with Crippen molar-refractivity contribution in [3.05, 3.63) is 35.4 Å². The van der Waals surface area contributed by atoms with Crippen molar-refractivity contribution in [3.8, 4) is 0 Å². The molecule has 0 aliphatic rings. The Morgan fingerprint density at radius 1 is 1.38 bits per heavy atom. The Morgan fingerprint density at radius 3 is 2.69 bits per heavy atom. The van der Waals surface area contributed by atoms with Crippen LogP contribution in [0.25, 0.3) is 0 Å². The third-order valence-corrected chi connectivity index (χ3v) is 2.82. The zero-order chi connectivity index (χ0) is 12.0. The summed E-state index contributed by atoms with van der Waals surface area (Å²) in [4.78, 5) is 2.12. The van der Waals surface area contributed by atoms with Crippen molar-refractivity contribution < 1.29 is 5.11 Å². The van der Waals surface area contributed by atoms with Crippen molar-refractivity contribution in [2.24, 2.45) is 5.73 Å². The van der Waals surface area contributed by atoms with Crippen LogP contribution < -0.4 is 5.73 Å². The highest BCUT2D eigenvalue weighted by Crippen LogP contribution is 2.08. The van der Waals surface area contributed by atoms with Crippen LogP contribution in [0.5, 0.6) is 0 Å². The Bertz CT molecular complexity index is 315. The molecule has 1 aromatic carbocycles. The fraction of sp³-hybridized carbons (Fsp3) is 0.538. The first-order valence-electron chi connectivity index (χ1n) is 5.74. The van der Waals surface area contributed by atoms with Gasteiger partial charge >= 0.3 is 0 Å². The van der Waals surface area contributed by atoms with Gasteiger partial charge in [-0.25, -0.2) is 0 Å². The predicted molar refractivity (Wildman–Crippen MR) is 67.4 cm³/mol. The lowest BCUT2D eigenvalue weighted by molar-refractivity contribution is 0.133. The van der Waals surface area contributed by atoms with Crippen molar-refractivity contribution in [1.29, 1.82) is 0 Å². The van der Waals surface area contributed by atoms with Crippen molar-refractivity contribution in [2.45, 2.75) is 19.4 Å². The number of aliphatic hydroxyl groups excluding tert-OH is 1. The monoisotopic (exact) mass is 222 g/mol. The topological polar surface area (TPSA) is 49.5 Å². The molecular weight excluding hydrogens is 200 g/mol. The molecule has 0 aromatic heterocycles. The molecule has 1 rings (SSSR count). The second-order valence-electron chi connectivity index (χ2n) is 4.33. The fourth-order valence-electron chi connectivity index (χ4n) is 1.73. The number of likely N-dealkylation sites (N-methyl/N-ethyl adjacent to an activating group) is 1. The molecule has 0 saturated carbocycles. The number of nitrogens with two attached hydrogens (primary N) is 1. The molecule has 3 heteroatoms. The van der Waals surface area contributed by atoms with Crippen molar-refractivity contribution in [2.75, 3.05) is 26.7 Å². The van der Waals surface area contributed by atoms with Crippen molar-refractivity contribution in [1.82, 2.24) is 4.90 Å². The molecule has 0 amide bonds. The molecular formula is C13H22N2O. The molecule has 16 heavy (non-hydrogen) atoms. The molecule has 0 aliphatic carbocycles. The summed E-state index contributed by atoms with van der Waals surface area (Å²) in [6.45, 7) is 4.04. The lowest BCUT2D eigenvalue weighted by Crippen LogP contribution is -2.35. The maximum absolute atomic E-state index is 9.41. The first kappa shape index (κ1) is 13.2. The lowest BCUT2D eigenvalue weighted by Gasteiger charge is -2.19. The van der Waals surface area contributed by atoms with E-state index in [9.17, 15) is 5.11 Å². The van der Waals surface area contributed by atoms with Gasteiger partial charge in [0.15, 0.2) is 0 Å². The van der Waals surface area contributed by atoms with E-state index in [2.05, 4.69) is 36.1 Å². The predicted octanol–water partition coefficient (Wildman–Crippen LogP) is 0.789. The van der Waals surface area contributed by atoms with E-state index in [-0.39, 0.29) is 0 Å². The van der Waals surface area contributed by atoms with Crippen LogP contribution in [0.4, 0.5) is 0 Å². The van der Waals surface area contributed by atoms with Gasteiger partial charge in [-0.1, -0.05) is 24.3 Å². The summed E-state index contributed by atoms with van der Waals surface area (Å²) in [5.41, 5.74) is 8.08. The van der Waals surface area contributed by atoms with E-state index in [4.69, 9.17) is 5.73 Å². The standard InChI is InChI=1S/C13H22N2O/c1-11-5-3-4-6-12(11)7-8-15(2)10-13(16)9-14/h3-6,13,16H,7-10,14H2,1-2H3. The number of rotatable bonds is 6. The highest BCUT2D eigenvalue weighted by molar-refractivity contribution is 5.25. The minimum Gasteiger partial charge on any atom is -0.390 e. The first-order chi connectivity index (χ1) is 7.63. The number of hydrogen-bond acceptors (Lipinski definition) is 3. The van der Waals surface area contributed by atoms with Crippen LogP contribution >= 0.6 is 0 Å². The van der Waals surface area contributed by atoms with Crippen LogP contribution in [0.3, 0.4) is 0 Å². The maximum Gasteiger partial charge on any atom is 0.0788 e. The van der Waals surface area contributed by atoms with Crippen LogP contribution in [0.1, 0.15) is 11.1 Å². The molecule has 1 atom stereocenters. The minimum atomic E-state index is -0.415. The maximum atomic E-state index is 9.41. The van der Waals surface area contributed by atoms with Gasteiger partial charge in [0.25, 0.3) is 0 Å². The van der Waals surface area contributed by atoms with Crippen molar-refractivity contribution in [3.63, 3.8) is 0 Å². The Hall–Kier alpha value is -0.900. The fourth-order valence-corrected chi connectivity index (χ4v) is 1.73. The van der Waals surface area contributed by atoms with E-state index >= 15 is 0 Å². The van der Waals surface area contributed by atoms with Gasteiger partial charge in [0.2, 0.25) is 0 Å². The van der Waals surface area contributed by atoms with Gasteiger partial charge in [-0.2, -0.15) is 0 Å². The number of aliphatic hydroxyl groups is 1. The zero-order valence-electron chi connectivity index (χ0n) is 10.2. The van der Waals surface area contributed by atoms with Crippen LogP contribution in [-0.4, -0.2) is 42.8 Å². The zero-order valence-corrected chi connectivity index (χ0v) is 10.2. The van der Waals surface area contributed by atoms with E-state index in [1.807, 2.05) is 7.05 Å². The molecule has 0 spiro atoms. The van der Waals surface area contributed by atoms with E-state index in [0.29, 0.717) is 13.1 Å². The Balaban J connectivity index is 2.37. The smallest absolute Gasteiger partial charge is 0.0788 e. The second-order valence-corrected chi connectivity index (χ2v) is 4.33. The second kappa shape index (κ2) is 6.63. The largest absolute Gasteiger partial charge is 0.390 e. The van der Waals surface area contributed by atoms with Gasteiger partial charge < -0.3 is 15.7 Å². The summed E-state index contributed by atoms with van der Waals surface area (Å²) in [5.74, 6) is 0. The minimum absolute atomic E-state index is 0.328. The summed E-state index contributed by atoms with van der Waals surface area (Å²) in [7, 11) is 2.01. The molecule has 3 nitrogen and oxygen atoms in total. The number of hydrogen-bond donors (Lipinski definition) is 2. The number of aryl methyl sites for hydroxylation is 1. The lowest BCUT2D eigenvalue weighted by atomic mass is 10.1. The quantitative estimate of drug-likeness (QED) is 0.748. The van der Waals surface area contributed by atoms with E-state index in [1.54, 1.807) is 0 Å².